The molecule has 0 aromatic carbocycles. The number of rotatable bonds is 5. The molecule has 0 amide bonds. The molecule has 0 spiro atoms. The molecule has 1 atom stereocenters. The van der Waals surface area contributed by atoms with Crippen LogP contribution >= 0.6 is 0 Å². The Labute approximate surface area is 85.5 Å². The molecule has 0 saturated heterocycles. The summed E-state index contributed by atoms with van der Waals surface area (Å²) in [4.78, 5) is 0. The minimum Gasteiger partial charge on any atom is -0.310 e. The monoisotopic (exact) mass is 193 g/mol. The maximum Gasteiger partial charge on any atom is 0.0537 e. The summed E-state index contributed by atoms with van der Waals surface area (Å²) in [6.45, 7) is 6.43. The van der Waals surface area contributed by atoms with Crippen molar-refractivity contribution in [3.63, 3.8) is 0 Å². The fraction of sp³-hybridized carbons (Fsp3) is 0.727. The summed E-state index contributed by atoms with van der Waals surface area (Å²) in [7, 11) is 0. The second-order valence-electron chi connectivity index (χ2n) is 4.22. The molecule has 0 radical (unpaired) electrons. The van der Waals surface area contributed by atoms with Crippen molar-refractivity contribution >= 4 is 0 Å². The van der Waals surface area contributed by atoms with E-state index < -0.39 is 0 Å². The second kappa shape index (κ2) is 4.13. The molecule has 1 aromatic heterocycles. The summed E-state index contributed by atoms with van der Waals surface area (Å²) in [5.74, 6) is 0.900. The van der Waals surface area contributed by atoms with Gasteiger partial charge in [0.2, 0.25) is 0 Å². The molecule has 2 rings (SSSR count). The topological polar surface area (TPSA) is 29.9 Å². The summed E-state index contributed by atoms with van der Waals surface area (Å²) in [5.41, 5.74) is 1.30. The molecule has 1 N–H and O–H groups in total. The number of hydrogen-bond acceptors (Lipinski definition) is 2. The van der Waals surface area contributed by atoms with Crippen LogP contribution in [0.4, 0.5) is 0 Å². The van der Waals surface area contributed by atoms with Crippen LogP contribution in [0.1, 0.15) is 38.3 Å². The highest BCUT2D eigenvalue weighted by Crippen LogP contribution is 2.30. The molecular formula is C11H19N3. The molecule has 0 aliphatic heterocycles. The van der Waals surface area contributed by atoms with Gasteiger partial charge in [-0.2, -0.15) is 5.10 Å². The van der Waals surface area contributed by atoms with E-state index in [9.17, 15) is 0 Å². The normalized spacial score (nSPS) is 18.4. The molecule has 3 nitrogen and oxygen atoms in total. The van der Waals surface area contributed by atoms with Crippen LogP contribution in [0.3, 0.4) is 0 Å². The average Bonchev–Trinajstić information content (AvgIpc) is 2.82. The number of nitrogens with zero attached hydrogens (tertiary/aromatic N) is 2. The van der Waals surface area contributed by atoms with Gasteiger partial charge in [-0.25, -0.2) is 0 Å². The third-order valence-corrected chi connectivity index (χ3v) is 2.81. The van der Waals surface area contributed by atoms with E-state index in [4.69, 9.17) is 0 Å². The molecule has 1 saturated carbocycles. The summed E-state index contributed by atoms with van der Waals surface area (Å²) in [6.07, 6.45) is 6.93. The molecule has 1 aliphatic carbocycles. The number of hydrogen-bond donors (Lipinski definition) is 1. The van der Waals surface area contributed by atoms with Crippen LogP contribution in [-0.4, -0.2) is 16.3 Å². The lowest BCUT2D eigenvalue weighted by Gasteiger charge is -2.08. The third-order valence-electron chi connectivity index (χ3n) is 2.81. The molecule has 3 heteroatoms. The Morgan fingerprint density at radius 2 is 2.43 bits per heavy atom. The smallest absolute Gasteiger partial charge is 0.0537 e. The SMILES string of the molecule is CCNC(C)c1cnn(CC2CC2)c1. The van der Waals surface area contributed by atoms with E-state index in [1.54, 1.807) is 0 Å². The van der Waals surface area contributed by atoms with Crippen molar-refractivity contribution in [2.45, 2.75) is 39.3 Å². The maximum absolute atomic E-state index is 4.38. The Kier molecular flexibility index (Phi) is 2.87. The molecule has 1 fully saturated rings. The second-order valence-corrected chi connectivity index (χ2v) is 4.22. The van der Waals surface area contributed by atoms with Crippen molar-refractivity contribution in [3.8, 4) is 0 Å². The van der Waals surface area contributed by atoms with Gasteiger partial charge in [0.1, 0.15) is 0 Å². The van der Waals surface area contributed by atoms with Gasteiger partial charge in [0.15, 0.2) is 0 Å². The molecule has 1 heterocycles. The molecule has 14 heavy (non-hydrogen) atoms. The van der Waals surface area contributed by atoms with Gasteiger partial charge in [0.25, 0.3) is 0 Å². The Morgan fingerprint density at radius 3 is 3.07 bits per heavy atom. The van der Waals surface area contributed by atoms with E-state index in [1.807, 2.05) is 6.20 Å². The molecule has 1 aliphatic rings. The van der Waals surface area contributed by atoms with Gasteiger partial charge < -0.3 is 5.32 Å². The molecular weight excluding hydrogens is 174 g/mol. The standard InChI is InChI=1S/C11H19N3/c1-3-12-9(2)11-6-13-14(8-11)7-10-4-5-10/h6,8-10,12H,3-5,7H2,1-2H3. The predicted octanol–water partition coefficient (Wildman–Crippen LogP) is 1.96. The Hall–Kier alpha value is -0.830. The highest BCUT2D eigenvalue weighted by molar-refractivity contribution is 5.09. The van der Waals surface area contributed by atoms with E-state index in [1.165, 1.54) is 18.4 Å². The fourth-order valence-corrected chi connectivity index (χ4v) is 1.69. The highest BCUT2D eigenvalue weighted by Gasteiger charge is 2.22. The van der Waals surface area contributed by atoms with Crippen LogP contribution < -0.4 is 5.32 Å². The lowest BCUT2D eigenvalue weighted by atomic mass is 10.2. The maximum atomic E-state index is 4.38. The van der Waals surface area contributed by atoms with Gasteiger partial charge >= 0.3 is 0 Å². The first-order chi connectivity index (χ1) is 6.79. The number of aromatic nitrogens is 2. The van der Waals surface area contributed by atoms with Crippen molar-refractivity contribution in [1.82, 2.24) is 15.1 Å². The molecule has 78 valence electrons. The third kappa shape index (κ3) is 2.35. The van der Waals surface area contributed by atoms with Gasteiger partial charge in [-0.15, -0.1) is 0 Å². The van der Waals surface area contributed by atoms with E-state index in [0.29, 0.717) is 6.04 Å². The largest absolute Gasteiger partial charge is 0.310 e. The van der Waals surface area contributed by atoms with Gasteiger partial charge in [-0.05, 0) is 32.2 Å². The van der Waals surface area contributed by atoms with Crippen LogP contribution in [0.15, 0.2) is 12.4 Å². The van der Waals surface area contributed by atoms with Crippen molar-refractivity contribution in [3.05, 3.63) is 18.0 Å². The minimum absolute atomic E-state index is 0.424. The quantitative estimate of drug-likeness (QED) is 0.774. The van der Waals surface area contributed by atoms with Gasteiger partial charge in [-0.3, -0.25) is 4.68 Å². The molecule has 0 bridgehead atoms. The number of nitrogens with one attached hydrogen (secondary N) is 1. The zero-order valence-electron chi connectivity index (χ0n) is 9.03. The van der Waals surface area contributed by atoms with Crippen LogP contribution in [0.5, 0.6) is 0 Å². The van der Waals surface area contributed by atoms with Crippen LogP contribution in [-0.2, 0) is 6.54 Å². The van der Waals surface area contributed by atoms with E-state index >= 15 is 0 Å². The van der Waals surface area contributed by atoms with E-state index in [0.717, 1.165) is 19.0 Å². The summed E-state index contributed by atoms with van der Waals surface area (Å²) in [5, 5.41) is 7.77. The van der Waals surface area contributed by atoms with Crippen molar-refractivity contribution < 1.29 is 0 Å². The first kappa shape index (κ1) is 9.71. The zero-order chi connectivity index (χ0) is 9.97. The predicted molar refractivity (Wildman–Crippen MR) is 57.0 cm³/mol. The summed E-state index contributed by atoms with van der Waals surface area (Å²) < 4.78 is 2.08. The fourth-order valence-electron chi connectivity index (χ4n) is 1.69. The van der Waals surface area contributed by atoms with Crippen molar-refractivity contribution in [2.75, 3.05) is 6.54 Å². The van der Waals surface area contributed by atoms with E-state index in [2.05, 4.69) is 35.1 Å². The van der Waals surface area contributed by atoms with Gasteiger partial charge in [0, 0.05) is 24.3 Å². The average molecular weight is 193 g/mol. The highest BCUT2D eigenvalue weighted by atomic mass is 15.3. The zero-order valence-corrected chi connectivity index (χ0v) is 9.03. The Morgan fingerprint density at radius 1 is 1.64 bits per heavy atom. The Bertz CT molecular complexity index is 288. The summed E-state index contributed by atoms with van der Waals surface area (Å²) in [6, 6.07) is 0.424. The first-order valence-corrected chi connectivity index (χ1v) is 5.55. The van der Waals surface area contributed by atoms with Crippen LogP contribution in [0.25, 0.3) is 0 Å². The Balaban J connectivity index is 1.93. The summed E-state index contributed by atoms with van der Waals surface area (Å²) >= 11 is 0. The molecule has 1 unspecified atom stereocenters. The van der Waals surface area contributed by atoms with E-state index in [-0.39, 0.29) is 0 Å². The van der Waals surface area contributed by atoms with Gasteiger partial charge in [0.05, 0.1) is 6.20 Å². The van der Waals surface area contributed by atoms with Crippen LogP contribution in [0.2, 0.25) is 0 Å². The van der Waals surface area contributed by atoms with Crippen molar-refractivity contribution in [2.24, 2.45) is 5.92 Å². The van der Waals surface area contributed by atoms with Gasteiger partial charge in [-0.1, -0.05) is 6.92 Å². The lowest BCUT2D eigenvalue weighted by Crippen LogP contribution is -2.17. The van der Waals surface area contributed by atoms with Crippen molar-refractivity contribution in [1.29, 1.82) is 0 Å². The minimum atomic E-state index is 0.424. The molecule has 1 aromatic rings. The first-order valence-electron chi connectivity index (χ1n) is 5.55. The lowest BCUT2D eigenvalue weighted by molar-refractivity contribution is 0.558. The van der Waals surface area contributed by atoms with Crippen LogP contribution in [0, 0.1) is 5.92 Å².